The third-order valence-electron chi connectivity index (χ3n) is 3.91. The number of halogens is 3. The summed E-state index contributed by atoms with van der Waals surface area (Å²) < 4.78 is 33.2. The first-order chi connectivity index (χ1) is 11.1. The van der Waals surface area contributed by atoms with Gasteiger partial charge in [0.15, 0.2) is 11.6 Å². The highest BCUT2D eigenvalue weighted by Gasteiger charge is 2.30. The van der Waals surface area contributed by atoms with Crippen molar-refractivity contribution >= 4 is 22.0 Å². The molecule has 1 fully saturated rings. The Morgan fingerprint density at radius 3 is 2.54 bits per heavy atom. The minimum atomic E-state index is -0.868. The highest BCUT2D eigenvalue weighted by molar-refractivity contribution is 9.10. The van der Waals surface area contributed by atoms with E-state index in [-0.39, 0.29) is 16.6 Å². The van der Waals surface area contributed by atoms with Crippen LogP contribution in [0.5, 0.6) is 0 Å². The van der Waals surface area contributed by atoms with Gasteiger partial charge in [0, 0.05) is 37.8 Å². The summed E-state index contributed by atoms with van der Waals surface area (Å²) in [4.78, 5) is 15.8. The van der Waals surface area contributed by atoms with E-state index < -0.39 is 17.2 Å². The quantitative estimate of drug-likeness (QED) is 0.693. The molecule has 1 aliphatic heterocycles. The Hall–Kier alpha value is -1.21. The molecule has 0 bridgehead atoms. The second kappa shape index (κ2) is 7.35. The van der Waals surface area contributed by atoms with Gasteiger partial charge in [0.2, 0.25) is 0 Å². The first-order valence-electron chi connectivity index (χ1n) is 7.93. The van der Waals surface area contributed by atoms with Crippen LogP contribution in [0.4, 0.5) is 13.6 Å². The van der Waals surface area contributed by atoms with Crippen LogP contribution in [0.3, 0.4) is 0 Å². The Bertz CT molecular complexity index is 619. The van der Waals surface area contributed by atoms with Crippen LogP contribution in [-0.4, -0.2) is 47.2 Å². The molecule has 1 aromatic rings. The molecule has 4 nitrogen and oxygen atoms in total. The summed E-state index contributed by atoms with van der Waals surface area (Å²) in [7, 11) is 0. The topological polar surface area (TPSA) is 32.8 Å². The minimum absolute atomic E-state index is 0.0253. The number of hydrogen-bond acceptors (Lipinski definition) is 3. The second-order valence-corrected chi connectivity index (χ2v) is 7.93. The van der Waals surface area contributed by atoms with Gasteiger partial charge in [-0.15, -0.1) is 0 Å². The van der Waals surface area contributed by atoms with Crippen LogP contribution < -0.4 is 0 Å². The van der Waals surface area contributed by atoms with Crippen LogP contribution >= 0.6 is 15.9 Å². The van der Waals surface area contributed by atoms with Gasteiger partial charge in [-0.1, -0.05) is 6.07 Å². The Morgan fingerprint density at radius 2 is 1.96 bits per heavy atom. The summed E-state index contributed by atoms with van der Waals surface area (Å²) in [6.45, 7) is 9.33. The highest BCUT2D eigenvalue weighted by atomic mass is 79.9. The Morgan fingerprint density at radius 1 is 1.29 bits per heavy atom. The predicted octanol–water partition coefficient (Wildman–Crippen LogP) is 4.17. The Balaban J connectivity index is 1.99. The molecule has 1 saturated heterocycles. The summed E-state index contributed by atoms with van der Waals surface area (Å²) >= 11 is 2.98. The van der Waals surface area contributed by atoms with E-state index in [1.807, 2.05) is 32.6 Å². The fraction of sp³-hybridized carbons (Fsp3) is 0.588. The standard InChI is InChI=1S/C17H23BrF2N2O2/c1-11-9-22(16(23)24-17(2,3)4)8-7-21(11)10-12-5-6-13(18)15(20)14(12)19/h5-6,11H,7-10H2,1-4H3/t11-/m1/s1. The number of rotatable bonds is 2. The predicted molar refractivity (Wildman–Crippen MR) is 91.7 cm³/mol. The number of ether oxygens (including phenoxy) is 1. The van der Waals surface area contributed by atoms with Crippen LogP contribution in [0.15, 0.2) is 16.6 Å². The van der Waals surface area contributed by atoms with E-state index in [4.69, 9.17) is 4.74 Å². The number of nitrogens with zero attached hydrogens (tertiary/aromatic N) is 2. The number of carbonyl (C=O) groups is 1. The zero-order chi connectivity index (χ0) is 18.1. The molecule has 2 rings (SSSR count). The highest BCUT2D eigenvalue weighted by Crippen LogP contribution is 2.23. The normalized spacial score (nSPS) is 19.5. The molecule has 0 aromatic heterocycles. The molecule has 1 aromatic carbocycles. The third-order valence-corrected chi connectivity index (χ3v) is 4.52. The Kier molecular flexibility index (Phi) is 5.86. The lowest BCUT2D eigenvalue weighted by Crippen LogP contribution is -2.54. The van der Waals surface area contributed by atoms with E-state index in [1.54, 1.807) is 11.0 Å². The number of amides is 1. The van der Waals surface area contributed by atoms with Crippen molar-refractivity contribution in [3.05, 3.63) is 33.8 Å². The van der Waals surface area contributed by atoms with Crippen LogP contribution in [0.25, 0.3) is 0 Å². The first-order valence-corrected chi connectivity index (χ1v) is 8.72. The monoisotopic (exact) mass is 404 g/mol. The van der Waals surface area contributed by atoms with Gasteiger partial charge in [0.05, 0.1) is 4.47 Å². The molecule has 7 heteroatoms. The largest absolute Gasteiger partial charge is 0.444 e. The van der Waals surface area contributed by atoms with E-state index in [0.29, 0.717) is 31.7 Å². The smallest absolute Gasteiger partial charge is 0.410 e. The minimum Gasteiger partial charge on any atom is -0.444 e. The fourth-order valence-electron chi connectivity index (χ4n) is 2.63. The molecular formula is C17H23BrF2N2O2. The van der Waals surface area contributed by atoms with Gasteiger partial charge < -0.3 is 9.64 Å². The van der Waals surface area contributed by atoms with Crippen molar-refractivity contribution in [1.82, 2.24) is 9.80 Å². The van der Waals surface area contributed by atoms with Crippen molar-refractivity contribution in [2.24, 2.45) is 0 Å². The van der Waals surface area contributed by atoms with Gasteiger partial charge in [-0.25, -0.2) is 13.6 Å². The maximum Gasteiger partial charge on any atom is 0.410 e. The fourth-order valence-corrected chi connectivity index (χ4v) is 2.94. The van der Waals surface area contributed by atoms with E-state index in [0.717, 1.165) is 0 Å². The summed E-state index contributed by atoms with van der Waals surface area (Å²) in [5.41, 5.74) is -0.219. The van der Waals surface area contributed by atoms with Crippen molar-refractivity contribution in [3.63, 3.8) is 0 Å². The maximum absolute atomic E-state index is 14.0. The summed E-state index contributed by atoms with van der Waals surface area (Å²) in [5.74, 6) is -1.70. The van der Waals surface area contributed by atoms with E-state index in [1.165, 1.54) is 6.07 Å². The summed E-state index contributed by atoms with van der Waals surface area (Å²) in [6.07, 6.45) is -0.338. The maximum atomic E-state index is 14.0. The molecular weight excluding hydrogens is 382 g/mol. The molecule has 0 unspecified atom stereocenters. The molecule has 1 aliphatic rings. The average Bonchev–Trinajstić information content (AvgIpc) is 2.47. The molecule has 1 heterocycles. The third kappa shape index (κ3) is 4.66. The number of hydrogen-bond donors (Lipinski definition) is 0. The number of benzene rings is 1. The molecule has 134 valence electrons. The number of piperazine rings is 1. The van der Waals surface area contributed by atoms with E-state index >= 15 is 0 Å². The van der Waals surface area contributed by atoms with Gasteiger partial charge >= 0.3 is 6.09 Å². The molecule has 0 aliphatic carbocycles. The van der Waals surface area contributed by atoms with Gasteiger partial charge in [-0.2, -0.15) is 0 Å². The van der Waals surface area contributed by atoms with Crippen molar-refractivity contribution in [2.75, 3.05) is 19.6 Å². The molecule has 1 atom stereocenters. The molecule has 1 amide bonds. The van der Waals surface area contributed by atoms with Crippen molar-refractivity contribution in [1.29, 1.82) is 0 Å². The SMILES string of the molecule is C[C@@H]1CN(C(=O)OC(C)(C)C)CCN1Cc1ccc(Br)c(F)c1F. The lowest BCUT2D eigenvalue weighted by atomic mass is 10.1. The summed E-state index contributed by atoms with van der Waals surface area (Å²) in [5, 5.41) is 0. The first kappa shape index (κ1) is 19.1. The van der Waals surface area contributed by atoms with Gasteiger partial charge in [0.1, 0.15) is 5.60 Å². The van der Waals surface area contributed by atoms with Crippen molar-refractivity contribution < 1.29 is 18.3 Å². The van der Waals surface area contributed by atoms with Crippen LogP contribution in [0.1, 0.15) is 33.3 Å². The van der Waals surface area contributed by atoms with E-state index in [9.17, 15) is 13.6 Å². The molecule has 24 heavy (non-hydrogen) atoms. The van der Waals surface area contributed by atoms with Gasteiger partial charge in [-0.3, -0.25) is 4.90 Å². The Labute approximate surface area is 149 Å². The van der Waals surface area contributed by atoms with Crippen molar-refractivity contribution in [3.8, 4) is 0 Å². The van der Waals surface area contributed by atoms with Crippen LogP contribution in [0, 0.1) is 11.6 Å². The number of carbonyl (C=O) groups excluding carboxylic acids is 1. The second-order valence-electron chi connectivity index (χ2n) is 7.08. The lowest BCUT2D eigenvalue weighted by molar-refractivity contribution is 0.00444. The molecule has 0 N–H and O–H groups in total. The van der Waals surface area contributed by atoms with Gasteiger partial charge in [-0.05, 0) is 49.7 Å². The molecule has 0 spiro atoms. The van der Waals surface area contributed by atoms with Crippen molar-refractivity contribution in [2.45, 2.75) is 45.9 Å². The molecule has 0 saturated carbocycles. The average molecular weight is 405 g/mol. The summed E-state index contributed by atoms with van der Waals surface area (Å²) in [6, 6.07) is 3.11. The van der Waals surface area contributed by atoms with E-state index in [2.05, 4.69) is 15.9 Å². The zero-order valence-corrected chi connectivity index (χ0v) is 16.0. The zero-order valence-electron chi connectivity index (χ0n) is 14.4. The lowest BCUT2D eigenvalue weighted by Gasteiger charge is -2.40. The van der Waals surface area contributed by atoms with Crippen LogP contribution in [-0.2, 0) is 11.3 Å². The molecule has 0 radical (unpaired) electrons. The van der Waals surface area contributed by atoms with Crippen LogP contribution in [0.2, 0.25) is 0 Å². The van der Waals surface area contributed by atoms with Gasteiger partial charge in [0.25, 0.3) is 0 Å².